The summed E-state index contributed by atoms with van der Waals surface area (Å²) in [5.41, 5.74) is 3.57. The normalized spacial score (nSPS) is 19.8. The fraction of sp³-hybridized carbons (Fsp3) is 0.308. The van der Waals surface area contributed by atoms with E-state index in [1.165, 1.54) is 11.6 Å². The first-order chi connectivity index (χ1) is 14.5. The molecule has 1 heterocycles. The van der Waals surface area contributed by atoms with Crippen molar-refractivity contribution in [2.24, 2.45) is 11.8 Å². The number of carbonyl (C=O) groups excluding carboxylic acids is 1. The number of hydrogen-bond acceptors (Lipinski definition) is 2. The number of carbonyl (C=O) groups is 1. The number of benzene rings is 2. The Kier molecular flexibility index (Phi) is 5.81. The maximum atomic E-state index is 13.8. The summed E-state index contributed by atoms with van der Waals surface area (Å²) in [6, 6.07) is 14.1. The first-order valence-corrected chi connectivity index (χ1v) is 10.5. The molecule has 1 aromatic heterocycles. The van der Waals surface area contributed by atoms with Gasteiger partial charge in [-0.15, -0.1) is 6.42 Å². The Bertz CT molecular complexity index is 1090. The number of fused-ring (bicyclic) bond motifs is 1. The predicted octanol–water partition coefficient (Wildman–Crippen LogP) is 5.90. The maximum absolute atomic E-state index is 13.8. The average molecular weight is 400 g/mol. The molecular weight excluding hydrogens is 375 g/mol. The van der Waals surface area contributed by atoms with E-state index in [4.69, 9.17) is 6.42 Å². The highest BCUT2D eigenvalue weighted by atomic mass is 19.1. The Balaban J connectivity index is 1.40. The number of amides is 1. The average Bonchev–Trinajstić information content (AvgIpc) is 2.78. The quantitative estimate of drug-likeness (QED) is 0.554. The molecule has 0 aliphatic heterocycles. The minimum absolute atomic E-state index is 0.0448. The molecule has 1 fully saturated rings. The molecule has 152 valence electrons. The zero-order chi connectivity index (χ0) is 21.1. The van der Waals surface area contributed by atoms with Crippen LogP contribution >= 0.6 is 0 Å². The highest BCUT2D eigenvalue weighted by molar-refractivity contribution is 5.92. The van der Waals surface area contributed by atoms with E-state index in [0.717, 1.165) is 47.8 Å². The van der Waals surface area contributed by atoms with Gasteiger partial charge in [0.1, 0.15) is 5.82 Å². The molecule has 30 heavy (non-hydrogen) atoms. The van der Waals surface area contributed by atoms with Crippen molar-refractivity contribution in [1.82, 2.24) is 4.98 Å². The first kappa shape index (κ1) is 20.1. The number of nitrogens with zero attached hydrogens (tertiary/aromatic N) is 1. The largest absolute Gasteiger partial charge is 0.326 e. The van der Waals surface area contributed by atoms with Crippen LogP contribution in [0.4, 0.5) is 10.1 Å². The van der Waals surface area contributed by atoms with Crippen LogP contribution < -0.4 is 5.32 Å². The zero-order valence-corrected chi connectivity index (χ0v) is 17.1. The summed E-state index contributed by atoms with van der Waals surface area (Å²) in [7, 11) is 0. The van der Waals surface area contributed by atoms with Crippen molar-refractivity contribution in [3.8, 4) is 12.3 Å². The van der Waals surface area contributed by atoms with E-state index in [0.29, 0.717) is 11.8 Å². The monoisotopic (exact) mass is 400 g/mol. The minimum Gasteiger partial charge on any atom is -0.326 e. The smallest absolute Gasteiger partial charge is 0.227 e. The lowest BCUT2D eigenvalue weighted by Gasteiger charge is -2.32. The van der Waals surface area contributed by atoms with Gasteiger partial charge in [0.2, 0.25) is 5.91 Å². The van der Waals surface area contributed by atoms with Crippen molar-refractivity contribution in [3.05, 3.63) is 71.7 Å². The second-order valence-corrected chi connectivity index (χ2v) is 8.17. The molecule has 1 saturated carbocycles. The van der Waals surface area contributed by atoms with E-state index in [9.17, 15) is 9.18 Å². The van der Waals surface area contributed by atoms with Crippen LogP contribution in [-0.4, -0.2) is 10.9 Å². The Morgan fingerprint density at radius 2 is 1.87 bits per heavy atom. The van der Waals surface area contributed by atoms with Gasteiger partial charge in [-0.3, -0.25) is 9.78 Å². The fourth-order valence-electron chi connectivity index (χ4n) is 4.55. The van der Waals surface area contributed by atoms with Gasteiger partial charge in [0.05, 0.1) is 5.52 Å². The van der Waals surface area contributed by atoms with Crippen LogP contribution in [0.5, 0.6) is 0 Å². The van der Waals surface area contributed by atoms with Crippen LogP contribution in [-0.2, 0) is 4.79 Å². The Morgan fingerprint density at radius 1 is 1.13 bits per heavy atom. The molecule has 0 bridgehead atoms. The third kappa shape index (κ3) is 4.21. The van der Waals surface area contributed by atoms with Crippen LogP contribution in [0, 0.1) is 30.0 Å². The van der Waals surface area contributed by atoms with Crippen molar-refractivity contribution in [1.29, 1.82) is 0 Å². The van der Waals surface area contributed by atoms with Crippen LogP contribution in [0.25, 0.3) is 10.9 Å². The Hall–Kier alpha value is -3.19. The van der Waals surface area contributed by atoms with Crippen molar-refractivity contribution in [2.45, 2.75) is 38.5 Å². The molecule has 3 nitrogen and oxygen atoms in total. The number of nitrogens with one attached hydrogen (secondary N) is 1. The molecule has 1 aliphatic rings. The van der Waals surface area contributed by atoms with Gasteiger partial charge in [-0.2, -0.15) is 0 Å². The lowest BCUT2D eigenvalue weighted by molar-refractivity contribution is -0.121. The molecular formula is C26H25FN2O. The molecule has 1 atom stereocenters. The summed E-state index contributed by atoms with van der Waals surface area (Å²) in [5, 5.41) is 3.91. The molecule has 4 heteroatoms. The summed E-state index contributed by atoms with van der Waals surface area (Å²) in [5.74, 6) is 3.04. The summed E-state index contributed by atoms with van der Waals surface area (Å²) in [6.07, 6.45) is 11.1. The number of pyridine rings is 1. The van der Waals surface area contributed by atoms with Gasteiger partial charge in [-0.05, 0) is 91.6 Å². The standard InChI is InChI=1S/C26H25FN2O/c1-3-18-4-11-22(12-5-18)29-26(30)17(2)19-6-8-20(9-7-19)23-14-15-28-25-13-10-21(27)16-24(23)25/h1,4-5,10-17,19-20H,6-9H2,2H3,(H,29,30)/t17-,19-,20-/m0/s1. The SMILES string of the molecule is C#Cc1ccc(NC(=O)[C@@H](C)[C@H]2CC[C@H](c3ccnc4ccc(F)cc43)CC2)cc1. The molecule has 0 unspecified atom stereocenters. The van der Waals surface area contributed by atoms with Crippen molar-refractivity contribution < 1.29 is 9.18 Å². The fourth-order valence-corrected chi connectivity index (χ4v) is 4.55. The highest BCUT2D eigenvalue weighted by Crippen LogP contribution is 2.41. The predicted molar refractivity (Wildman–Crippen MR) is 119 cm³/mol. The Labute approximate surface area is 176 Å². The van der Waals surface area contributed by atoms with Gasteiger partial charge in [0, 0.05) is 28.8 Å². The molecule has 0 saturated heterocycles. The number of hydrogen-bond donors (Lipinski definition) is 1. The zero-order valence-electron chi connectivity index (χ0n) is 17.1. The van der Waals surface area contributed by atoms with Crippen LogP contribution in [0.15, 0.2) is 54.7 Å². The summed E-state index contributed by atoms with van der Waals surface area (Å²) < 4.78 is 13.8. The van der Waals surface area contributed by atoms with Crippen LogP contribution in [0.2, 0.25) is 0 Å². The van der Waals surface area contributed by atoms with Gasteiger partial charge in [-0.1, -0.05) is 12.8 Å². The second-order valence-electron chi connectivity index (χ2n) is 8.17. The van der Waals surface area contributed by atoms with Crippen LogP contribution in [0.3, 0.4) is 0 Å². The third-order valence-electron chi connectivity index (χ3n) is 6.39. The van der Waals surface area contributed by atoms with Gasteiger partial charge in [0.25, 0.3) is 0 Å². The van der Waals surface area contributed by atoms with Crippen LogP contribution in [0.1, 0.15) is 49.7 Å². The molecule has 3 aromatic rings. The third-order valence-corrected chi connectivity index (χ3v) is 6.39. The van der Waals surface area contributed by atoms with E-state index in [1.54, 1.807) is 12.1 Å². The van der Waals surface area contributed by atoms with Gasteiger partial charge in [-0.25, -0.2) is 4.39 Å². The topological polar surface area (TPSA) is 42.0 Å². The first-order valence-electron chi connectivity index (χ1n) is 10.5. The maximum Gasteiger partial charge on any atom is 0.227 e. The van der Waals surface area contributed by atoms with Gasteiger partial charge < -0.3 is 5.32 Å². The number of rotatable bonds is 4. The van der Waals surface area contributed by atoms with Gasteiger partial charge >= 0.3 is 0 Å². The van der Waals surface area contributed by atoms with E-state index < -0.39 is 0 Å². The van der Waals surface area contributed by atoms with Gasteiger partial charge in [0.15, 0.2) is 0 Å². The molecule has 1 amide bonds. The summed E-state index contributed by atoms with van der Waals surface area (Å²) in [6.45, 7) is 2.01. The molecule has 4 rings (SSSR count). The van der Waals surface area contributed by atoms with Crippen molar-refractivity contribution in [3.63, 3.8) is 0 Å². The lowest BCUT2D eigenvalue weighted by atomic mass is 9.73. The second kappa shape index (κ2) is 8.67. The molecule has 1 aliphatic carbocycles. The number of halogens is 1. The molecule has 0 radical (unpaired) electrons. The summed E-state index contributed by atoms with van der Waals surface area (Å²) in [4.78, 5) is 17.1. The van der Waals surface area contributed by atoms with Crippen molar-refractivity contribution >= 4 is 22.5 Å². The summed E-state index contributed by atoms with van der Waals surface area (Å²) >= 11 is 0. The minimum atomic E-state index is -0.231. The highest BCUT2D eigenvalue weighted by Gasteiger charge is 2.30. The molecule has 2 aromatic carbocycles. The molecule has 1 N–H and O–H groups in total. The molecule has 0 spiro atoms. The number of anilines is 1. The number of terminal acetylenes is 1. The van der Waals surface area contributed by atoms with E-state index in [1.807, 2.05) is 43.5 Å². The van der Waals surface area contributed by atoms with E-state index in [2.05, 4.69) is 16.2 Å². The lowest BCUT2D eigenvalue weighted by Crippen LogP contribution is -2.29. The number of aromatic nitrogens is 1. The van der Waals surface area contributed by atoms with E-state index >= 15 is 0 Å². The Morgan fingerprint density at radius 3 is 2.57 bits per heavy atom. The van der Waals surface area contributed by atoms with Crippen molar-refractivity contribution in [2.75, 3.05) is 5.32 Å². The van der Waals surface area contributed by atoms with E-state index in [-0.39, 0.29) is 17.6 Å².